The second-order valence-corrected chi connectivity index (χ2v) is 6.92. The summed E-state index contributed by atoms with van der Waals surface area (Å²) in [6, 6.07) is 1.18. The van der Waals surface area contributed by atoms with Crippen LogP contribution in [0, 0.1) is 5.41 Å². The average molecular weight is 290 g/mol. The lowest BCUT2D eigenvalue weighted by atomic mass is 9.82. The lowest BCUT2D eigenvalue weighted by Crippen LogP contribution is -2.70. The fraction of sp³-hybridized carbons (Fsp3) is 0.600. The molecule has 2 rings (SSSR count). The van der Waals surface area contributed by atoms with Crippen molar-refractivity contribution in [3.05, 3.63) is 24.3 Å². The third-order valence-corrected chi connectivity index (χ3v) is 3.80. The van der Waals surface area contributed by atoms with E-state index in [-0.39, 0.29) is 23.8 Å². The fourth-order valence-corrected chi connectivity index (χ4v) is 2.34. The SMILES string of the molecule is CC(C)(C)C1NC(=O)C(C)(C)N(Cc2ncccn2)C1=O. The molecule has 0 saturated carbocycles. The molecular weight excluding hydrogens is 268 g/mol. The molecule has 1 aliphatic heterocycles. The van der Waals surface area contributed by atoms with E-state index in [4.69, 9.17) is 0 Å². The molecule has 0 aromatic carbocycles. The van der Waals surface area contributed by atoms with Crippen LogP contribution in [0.1, 0.15) is 40.4 Å². The summed E-state index contributed by atoms with van der Waals surface area (Å²) in [4.78, 5) is 35.0. The highest BCUT2D eigenvalue weighted by Gasteiger charge is 2.49. The van der Waals surface area contributed by atoms with E-state index in [0.29, 0.717) is 5.82 Å². The average Bonchev–Trinajstić information content (AvgIpc) is 2.39. The fourth-order valence-electron chi connectivity index (χ4n) is 2.34. The molecule has 6 nitrogen and oxygen atoms in total. The summed E-state index contributed by atoms with van der Waals surface area (Å²) in [5.41, 5.74) is -1.27. The highest BCUT2D eigenvalue weighted by atomic mass is 16.2. The van der Waals surface area contributed by atoms with Gasteiger partial charge in [-0.3, -0.25) is 9.59 Å². The lowest BCUT2D eigenvalue weighted by molar-refractivity contribution is -0.159. The Labute approximate surface area is 125 Å². The zero-order chi connectivity index (χ0) is 15.8. The summed E-state index contributed by atoms with van der Waals surface area (Å²) in [6.45, 7) is 9.51. The number of carbonyl (C=O) groups excluding carboxylic acids is 2. The first kappa shape index (κ1) is 15.4. The monoisotopic (exact) mass is 290 g/mol. The van der Waals surface area contributed by atoms with Gasteiger partial charge >= 0.3 is 0 Å². The molecule has 1 aromatic rings. The normalized spacial score (nSPS) is 22.1. The maximum Gasteiger partial charge on any atom is 0.246 e. The summed E-state index contributed by atoms with van der Waals surface area (Å²) in [6.07, 6.45) is 3.26. The number of hydrogen-bond acceptors (Lipinski definition) is 4. The van der Waals surface area contributed by atoms with Gasteiger partial charge in [0.05, 0.1) is 6.54 Å². The largest absolute Gasteiger partial charge is 0.342 e. The Balaban J connectivity index is 2.34. The van der Waals surface area contributed by atoms with Crippen molar-refractivity contribution in [1.82, 2.24) is 20.2 Å². The van der Waals surface area contributed by atoms with Gasteiger partial charge in [0.25, 0.3) is 0 Å². The zero-order valence-corrected chi connectivity index (χ0v) is 13.2. The molecule has 1 fully saturated rings. The van der Waals surface area contributed by atoms with E-state index < -0.39 is 11.6 Å². The van der Waals surface area contributed by atoms with E-state index in [0.717, 1.165) is 0 Å². The van der Waals surface area contributed by atoms with Crippen molar-refractivity contribution < 1.29 is 9.59 Å². The van der Waals surface area contributed by atoms with Crippen molar-refractivity contribution in [1.29, 1.82) is 0 Å². The van der Waals surface area contributed by atoms with Gasteiger partial charge in [-0.2, -0.15) is 0 Å². The molecule has 1 aromatic heterocycles. The maximum absolute atomic E-state index is 12.8. The Morgan fingerprint density at radius 3 is 2.33 bits per heavy atom. The molecule has 21 heavy (non-hydrogen) atoms. The van der Waals surface area contributed by atoms with Crippen LogP contribution >= 0.6 is 0 Å². The first-order chi connectivity index (χ1) is 9.64. The Hall–Kier alpha value is -1.98. The molecule has 0 radical (unpaired) electrons. The zero-order valence-electron chi connectivity index (χ0n) is 13.2. The minimum absolute atomic E-state index is 0.0976. The van der Waals surface area contributed by atoms with Crippen LogP contribution in [0.4, 0.5) is 0 Å². The molecule has 0 bridgehead atoms. The van der Waals surface area contributed by atoms with Crippen LogP contribution in [0.15, 0.2) is 18.5 Å². The summed E-state index contributed by atoms with van der Waals surface area (Å²) in [5.74, 6) is 0.277. The van der Waals surface area contributed by atoms with Gasteiger partial charge in [0.15, 0.2) is 0 Å². The van der Waals surface area contributed by atoms with Crippen LogP contribution in [0.25, 0.3) is 0 Å². The number of carbonyl (C=O) groups is 2. The Morgan fingerprint density at radius 1 is 1.24 bits per heavy atom. The minimum atomic E-state index is -0.919. The Morgan fingerprint density at radius 2 is 1.81 bits per heavy atom. The molecule has 1 atom stereocenters. The molecule has 1 saturated heterocycles. The van der Waals surface area contributed by atoms with Crippen LogP contribution in [0.3, 0.4) is 0 Å². The van der Waals surface area contributed by atoms with E-state index in [1.165, 1.54) is 0 Å². The first-order valence-corrected chi connectivity index (χ1v) is 7.02. The van der Waals surface area contributed by atoms with Crippen LogP contribution in [0.2, 0.25) is 0 Å². The van der Waals surface area contributed by atoms with Gasteiger partial charge in [0.2, 0.25) is 11.8 Å². The van der Waals surface area contributed by atoms with Crippen LogP contribution in [0.5, 0.6) is 0 Å². The van der Waals surface area contributed by atoms with E-state index in [1.54, 1.807) is 37.2 Å². The van der Waals surface area contributed by atoms with Crippen LogP contribution < -0.4 is 5.32 Å². The third-order valence-electron chi connectivity index (χ3n) is 3.80. The molecule has 114 valence electrons. The predicted octanol–water partition coefficient (Wildman–Crippen LogP) is 1.13. The van der Waals surface area contributed by atoms with Crippen LogP contribution in [-0.4, -0.2) is 38.3 Å². The van der Waals surface area contributed by atoms with Gasteiger partial charge < -0.3 is 10.2 Å². The van der Waals surface area contributed by atoms with Crippen molar-refractivity contribution in [3.63, 3.8) is 0 Å². The number of nitrogens with one attached hydrogen (secondary N) is 1. The van der Waals surface area contributed by atoms with Gasteiger partial charge in [0.1, 0.15) is 17.4 Å². The van der Waals surface area contributed by atoms with Crippen molar-refractivity contribution in [2.45, 2.75) is 52.7 Å². The molecule has 2 amide bonds. The van der Waals surface area contributed by atoms with Crippen molar-refractivity contribution in [3.8, 4) is 0 Å². The highest BCUT2D eigenvalue weighted by Crippen LogP contribution is 2.30. The quantitative estimate of drug-likeness (QED) is 0.886. The van der Waals surface area contributed by atoms with Gasteiger partial charge in [-0.1, -0.05) is 20.8 Å². The molecule has 0 aliphatic carbocycles. The Bertz CT molecular complexity index is 549. The number of aromatic nitrogens is 2. The Kier molecular flexibility index (Phi) is 3.74. The third kappa shape index (κ3) is 2.89. The molecule has 1 aliphatic rings. The molecule has 0 spiro atoms. The number of hydrogen-bond donors (Lipinski definition) is 1. The van der Waals surface area contributed by atoms with E-state index in [1.807, 2.05) is 20.8 Å². The smallest absolute Gasteiger partial charge is 0.246 e. The molecule has 1 N–H and O–H groups in total. The standard InChI is InChI=1S/C15H22N4O2/c1-14(2,3)11-12(20)19(15(4,5)13(21)18-11)9-10-16-7-6-8-17-10/h6-8,11H,9H2,1-5H3,(H,18,21). The highest BCUT2D eigenvalue weighted by molar-refractivity contribution is 5.99. The van der Waals surface area contributed by atoms with Gasteiger partial charge in [0, 0.05) is 12.4 Å². The molecule has 6 heteroatoms. The first-order valence-electron chi connectivity index (χ1n) is 7.02. The van der Waals surface area contributed by atoms with E-state index >= 15 is 0 Å². The second-order valence-electron chi connectivity index (χ2n) is 6.92. The summed E-state index contributed by atoms with van der Waals surface area (Å²) in [5, 5.41) is 2.84. The topological polar surface area (TPSA) is 75.2 Å². The van der Waals surface area contributed by atoms with Gasteiger partial charge in [-0.25, -0.2) is 9.97 Å². The summed E-state index contributed by atoms with van der Waals surface area (Å²) in [7, 11) is 0. The van der Waals surface area contributed by atoms with E-state index in [2.05, 4.69) is 15.3 Å². The van der Waals surface area contributed by atoms with Crippen molar-refractivity contribution in [2.24, 2.45) is 5.41 Å². The summed E-state index contributed by atoms with van der Waals surface area (Å²) < 4.78 is 0. The number of nitrogens with zero attached hydrogens (tertiary/aromatic N) is 3. The minimum Gasteiger partial charge on any atom is -0.342 e. The maximum atomic E-state index is 12.8. The van der Waals surface area contributed by atoms with Gasteiger partial charge in [-0.05, 0) is 25.3 Å². The van der Waals surface area contributed by atoms with E-state index in [9.17, 15) is 9.59 Å². The van der Waals surface area contributed by atoms with Crippen molar-refractivity contribution in [2.75, 3.05) is 0 Å². The number of rotatable bonds is 2. The summed E-state index contributed by atoms with van der Waals surface area (Å²) >= 11 is 0. The molecule has 1 unspecified atom stereocenters. The van der Waals surface area contributed by atoms with Crippen LogP contribution in [-0.2, 0) is 16.1 Å². The molecular formula is C15H22N4O2. The number of piperazine rings is 1. The lowest BCUT2D eigenvalue weighted by Gasteiger charge is -2.47. The predicted molar refractivity (Wildman–Crippen MR) is 78.0 cm³/mol. The van der Waals surface area contributed by atoms with Gasteiger partial charge in [-0.15, -0.1) is 0 Å². The van der Waals surface area contributed by atoms with Crippen molar-refractivity contribution >= 4 is 11.8 Å². The second kappa shape index (κ2) is 5.09. The number of amides is 2. The molecule has 2 heterocycles.